The summed E-state index contributed by atoms with van der Waals surface area (Å²) < 4.78 is 0. The normalized spacial score (nSPS) is 23.6. The number of nitrogens with two attached hydrogens (primary N) is 1. The molecule has 5 nitrogen and oxygen atoms in total. The van der Waals surface area contributed by atoms with E-state index >= 15 is 0 Å². The molecule has 2 atom stereocenters. The number of anilines is 2. The Hall–Kier alpha value is -1.78. The zero-order valence-electron chi connectivity index (χ0n) is 10.6. The number of nitrogens with zero attached hydrogens (tertiary/aromatic N) is 1. The molecule has 5 heteroatoms. The first-order chi connectivity index (χ1) is 8.56. The quantitative estimate of drug-likeness (QED) is 0.489. The predicted octanol–water partition coefficient (Wildman–Crippen LogP) is 3.17. The second-order valence-electron chi connectivity index (χ2n) is 5.14. The van der Waals surface area contributed by atoms with Crippen molar-refractivity contribution in [3.8, 4) is 0 Å². The van der Waals surface area contributed by atoms with Crippen LogP contribution in [0.3, 0.4) is 0 Å². The van der Waals surface area contributed by atoms with Crippen molar-refractivity contribution in [3.05, 3.63) is 28.3 Å². The van der Waals surface area contributed by atoms with Gasteiger partial charge in [0.25, 0.3) is 5.69 Å². The van der Waals surface area contributed by atoms with Crippen molar-refractivity contribution >= 4 is 17.1 Å². The Kier molecular flexibility index (Phi) is 3.69. The highest BCUT2D eigenvalue weighted by molar-refractivity contribution is 5.69. The molecule has 1 fully saturated rings. The van der Waals surface area contributed by atoms with E-state index < -0.39 is 4.92 Å². The Bertz CT molecular complexity index is 448. The molecule has 1 aliphatic carbocycles. The number of nitro benzene ring substituents is 1. The lowest BCUT2D eigenvalue weighted by atomic mass is 9.87. The van der Waals surface area contributed by atoms with Gasteiger partial charge in [-0.15, -0.1) is 0 Å². The molecule has 1 saturated carbocycles. The average molecular weight is 249 g/mol. The van der Waals surface area contributed by atoms with Crippen molar-refractivity contribution in [1.82, 2.24) is 0 Å². The minimum Gasteiger partial charge on any atom is -0.397 e. The maximum Gasteiger partial charge on any atom is 0.271 e. The fraction of sp³-hybridized carbons (Fsp3) is 0.538. The van der Waals surface area contributed by atoms with Crippen LogP contribution in [0.4, 0.5) is 17.1 Å². The Balaban J connectivity index is 2.07. The van der Waals surface area contributed by atoms with E-state index in [1.807, 2.05) is 0 Å². The van der Waals surface area contributed by atoms with Crippen molar-refractivity contribution < 1.29 is 4.92 Å². The Morgan fingerprint density at radius 1 is 1.44 bits per heavy atom. The number of hydrogen-bond acceptors (Lipinski definition) is 4. The fourth-order valence-corrected chi connectivity index (χ4v) is 2.58. The highest BCUT2D eigenvalue weighted by Crippen LogP contribution is 2.29. The topological polar surface area (TPSA) is 81.2 Å². The van der Waals surface area contributed by atoms with Crippen molar-refractivity contribution in [1.29, 1.82) is 0 Å². The molecule has 0 aliphatic heterocycles. The summed E-state index contributed by atoms with van der Waals surface area (Å²) >= 11 is 0. The molecular formula is C13H19N3O2. The molecule has 0 radical (unpaired) electrons. The smallest absolute Gasteiger partial charge is 0.271 e. The van der Waals surface area contributed by atoms with E-state index in [-0.39, 0.29) is 5.69 Å². The van der Waals surface area contributed by atoms with Crippen molar-refractivity contribution in [2.75, 3.05) is 11.1 Å². The molecule has 0 heterocycles. The van der Waals surface area contributed by atoms with Crippen LogP contribution in [0.25, 0.3) is 0 Å². The van der Waals surface area contributed by atoms with E-state index in [0.29, 0.717) is 11.7 Å². The van der Waals surface area contributed by atoms with Gasteiger partial charge in [-0.1, -0.05) is 19.8 Å². The molecule has 0 bridgehead atoms. The van der Waals surface area contributed by atoms with E-state index in [4.69, 9.17) is 5.73 Å². The second-order valence-corrected chi connectivity index (χ2v) is 5.14. The third kappa shape index (κ3) is 2.91. The molecule has 0 aromatic heterocycles. The van der Waals surface area contributed by atoms with Crippen LogP contribution >= 0.6 is 0 Å². The summed E-state index contributed by atoms with van der Waals surface area (Å²) in [5, 5.41) is 14.0. The molecule has 1 aromatic carbocycles. The van der Waals surface area contributed by atoms with Gasteiger partial charge in [0.1, 0.15) is 0 Å². The minimum atomic E-state index is -0.428. The van der Waals surface area contributed by atoms with Gasteiger partial charge >= 0.3 is 0 Å². The molecule has 3 N–H and O–H groups in total. The molecule has 2 rings (SSSR count). The summed E-state index contributed by atoms with van der Waals surface area (Å²) in [6, 6.07) is 5.03. The number of benzene rings is 1. The number of nitro groups is 1. The molecule has 18 heavy (non-hydrogen) atoms. The highest BCUT2D eigenvalue weighted by atomic mass is 16.6. The molecule has 1 aliphatic rings. The third-order valence-corrected chi connectivity index (χ3v) is 3.54. The SMILES string of the molecule is CC1CCCC(Nc2ccc([N+](=O)[O-])cc2N)C1. The average Bonchev–Trinajstić information content (AvgIpc) is 2.31. The standard InChI is InChI=1S/C13H19N3O2/c1-9-3-2-4-10(7-9)15-13-6-5-11(16(17)18)8-12(13)14/h5-6,8-10,15H,2-4,7,14H2,1H3. The molecule has 0 saturated heterocycles. The van der Waals surface area contributed by atoms with Crippen molar-refractivity contribution in [2.45, 2.75) is 38.6 Å². The van der Waals surface area contributed by atoms with Gasteiger partial charge in [-0.25, -0.2) is 0 Å². The first-order valence-electron chi connectivity index (χ1n) is 6.36. The Morgan fingerprint density at radius 2 is 2.22 bits per heavy atom. The van der Waals surface area contributed by atoms with Gasteiger partial charge in [0, 0.05) is 18.2 Å². The molecule has 0 spiro atoms. The van der Waals surface area contributed by atoms with E-state index in [1.165, 1.54) is 25.0 Å². The summed E-state index contributed by atoms with van der Waals surface area (Å²) in [5.41, 5.74) is 7.13. The summed E-state index contributed by atoms with van der Waals surface area (Å²) in [5.74, 6) is 0.732. The number of nitrogen functional groups attached to an aromatic ring is 1. The van der Waals surface area contributed by atoms with Gasteiger partial charge in [-0.3, -0.25) is 10.1 Å². The first-order valence-corrected chi connectivity index (χ1v) is 6.36. The van der Waals surface area contributed by atoms with Gasteiger partial charge in [0.15, 0.2) is 0 Å². The van der Waals surface area contributed by atoms with Crippen LogP contribution in [-0.2, 0) is 0 Å². The maximum atomic E-state index is 10.6. The number of nitrogens with one attached hydrogen (secondary N) is 1. The Labute approximate surface area is 107 Å². The fourth-order valence-electron chi connectivity index (χ4n) is 2.58. The van der Waals surface area contributed by atoms with Gasteiger partial charge in [-0.05, 0) is 24.8 Å². The van der Waals surface area contributed by atoms with Crippen LogP contribution in [0.5, 0.6) is 0 Å². The highest BCUT2D eigenvalue weighted by Gasteiger charge is 2.19. The number of hydrogen-bond donors (Lipinski definition) is 2. The lowest BCUT2D eigenvalue weighted by Gasteiger charge is -2.28. The van der Waals surface area contributed by atoms with E-state index in [2.05, 4.69) is 12.2 Å². The zero-order chi connectivity index (χ0) is 13.1. The monoisotopic (exact) mass is 249 g/mol. The van der Waals surface area contributed by atoms with Crippen LogP contribution in [-0.4, -0.2) is 11.0 Å². The van der Waals surface area contributed by atoms with Crippen LogP contribution in [0.2, 0.25) is 0 Å². The molecule has 2 unspecified atom stereocenters. The molecular weight excluding hydrogens is 230 g/mol. The first kappa shape index (κ1) is 12.7. The van der Waals surface area contributed by atoms with Crippen LogP contribution in [0.15, 0.2) is 18.2 Å². The molecule has 98 valence electrons. The maximum absolute atomic E-state index is 10.6. The lowest BCUT2D eigenvalue weighted by Crippen LogP contribution is -2.26. The summed E-state index contributed by atoms with van der Waals surface area (Å²) in [4.78, 5) is 10.2. The van der Waals surface area contributed by atoms with Crippen LogP contribution in [0, 0.1) is 16.0 Å². The van der Waals surface area contributed by atoms with Gasteiger partial charge in [0.05, 0.1) is 16.3 Å². The van der Waals surface area contributed by atoms with Gasteiger partial charge in [-0.2, -0.15) is 0 Å². The third-order valence-electron chi connectivity index (χ3n) is 3.54. The van der Waals surface area contributed by atoms with Crippen molar-refractivity contribution in [3.63, 3.8) is 0 Å². The number of non-ortho nitro benzene ring substituents is 1. The van der Waals surface area contributed by atoms with Crippen LogP contribution in [0.1, 0.15) is 32.6 Å². The van der Waals surface area contributed by atoms with Gasteiger partial charge in [0.2, 0.25) is 0 Å². The summed E-state index contributed by atoms with van der Waals surface area (Å²) in [6.07, 6.45) is 4.79. The summed E-state index contributed by atoms with van der Waals surface area (Å²) in [6.45, 7) is 2.26. The number of rotatable bonds is 3. The molecule has 1 aromatic rings. The van der Waals surface area contributed by atoms with E-state index in [0.717, 1.165) is 24.4 Å². The van der Waals surface area contributed by atoms with Crippen molar-refractivity contribution in [2.24, 2.45) is 5.92 Å². The van der Waals surface area contributed by atoms with E-state index in [1.54, 1.807) is 6.07 Å². The second kappa shape index (κ2) is 5.25. The van der Waals surface area contributed by atoms with E-state index in [9.17, 15) is 10.1 Å². The largest absolute Gasteiger partial charge is 0.397 e. The minimum absolute atomic E-state index is 0.0371. The molecule has 0 amide bonds. The van der Waals surface area contributed by atoms with Gasteiger partial charge < -0.3 is 11.1 Å². The zero-order valence-corrected chi connectivity index (χ0v) is 10.6. The Morgan fingerprint density at radius 3 is 2.83 bits per heavy atom. The van der Waals surface area contributed by atoms with Crippen LogP contribution < -0.4 is 11.1 Å². The lowest BCUT2D eigenvalue weighted by molar-refractivity contribution is -0.384. The summed E-state index contributed by atoms with van der Waals surface area (Å²) in [7, 11) is 0. The predicted molar refractivity (Wildman–Crippen MR) is 72.6 cm³/mol.